The number of halogens is 1. The first-order valence-electron chi connectivity index (χ1n) is 10.5. The quantitative estimate of drug-likeness (QED) is 0.559. The number of amides is 2. The van der Waals surface area contributed by atoms with E-state index in [4.69, 9.17) is 4.74 Å². The topological polar surface area (TPSA) is 58.6 Å². The number of fused-ring (bicyclic) bond motifs is 1. The smallest absolute Gasteiger partial charge is 0.265 e. The van der Waals surface area contributed by atoms with E-state index in [1.54, 1.807) is 12.0 Å². The Morgan fingerprint density at radius 3 is 2.74 bits per heavy atom. The molecule has 1 saturated carbocycles. The van der Waals surface area contributed by atoms with Crippen molar-refractivity contribution >= 4 is 51.3 Å². The van der Waals surface area contributed by atoms with E-state index in [2.05, 4.69) is 21.2 Å². The minimum atomic E-state index is -0.158. The van der Waals surface area contributed by atoms with E-state index in [-0.39, 0.29) is 24.4 Å². The first-order chi connectivity index (χ1) is 15.0. The monoisotopic (exact) mass is 500 g/mol. The molecule has 0 bridgehead atoms. The third-order valence-corrected chi connectivity index (χ3v) is 7.27. The molecule has 31 heavy (non-hydrogen) atoms. The second-order valence-electron chi connectivity index (χ2n) is 7.77. The fourth-order valence-corrected chi connectivity index (χ4v) is 5.62. The van der Waals surface area contributed by atoms with Crippen molar-refractivity contribution in [2.75, 3.05) is 18.6 Å². The van der Waals surface area contributed by atoms with Crippen LogP contribution in [-0.2, 0) is 9.59 Å². The summed E-state index contributed by atoms with van der Waals surface area (Å²) in [4.78, 5) is 29.3. The maximum absolute atomic E-state index is 13.3. The standard InChI is InChI=1S/C24H25BrN2O3S/c1-30-20-12-11-16(13-18(20)25)14-22-24(29)27(19-9-5-6-10-21(19)31-22)15-23(28)26-17-7-3-2-4-8-17/h5-6,9-14,17H,2-4,7-8,15H2,1H3,(H,26,28)/b22-14+. The average molecular weight is 501 g/mol. The summed E-state index contributed by atoms with van der Waals surface area (Å²) < 4.78 is 6.11. The second-order valence-corrected chi connectivity index (χ2v) is 9.70. The molecule has 0 atom stereocenters. The van der Waals surface area contributed by atoms with Gasteiger partial charge in [-0.05, 0) is 64.7 Å². The molecule has 1 N–H and O–H groups in total. The molecule has 0 saturated heterocycles. The van der Waals surface area contributed by atoms with E-state index in [0.717, 1.165) is 52.1 Å². The maximum atomic E-state index is 13.3. The van der Waals surface area contributed by atoms with Crippen molar-refractivity contribution in [3.8, 4) is 5.75 Å². The van der Waals surface area contributed by atoms with Gasteiger partial charge < -0.3 is 10.1 Å². The van der Waals surface area contributed by atoms with Crippen LogP contribution in [0.4, 0.5) is 5.69 Å². The van der Waals surface area contributed by atoms with Crippen molar-refractivity contribution in [1.29, 1.82) is 0 Å². The molecule has 4 rings (SSSR count). The number of anilines is 1. The SMILES string of the molecule is COc1ccc(/C=C2/Sc3ccccc3N(CC(=O)NC3CCCCC3)C2=O)cc1Br. The molecule has 0 aromatic heterocycles. The Labute approximate surface area is 195 Å². The van der Waals surface area contributed by atoms with Gasteiger partial charge in [0.1, 0.15) is 12.3 Å². The molecule has 2 amide bonds. The highest BCUT2D eigenvalue weighted by atomic mass is 79.9. The summed E-state index contributed by atoms with van der Waals surface area (Å²) in [5, 5.41) is 3.12. The number of methoxy groups -OCH3 is 1. The van der Waals surface area contributed by atoms with Crippen LogP contribution in [-0.4, -0.2) is 31.5 Å². The van der Waals surface area contributed by atoms with Gasteiger partial charge in [-0.2, -0.15) is 0 Å². The fourth-order valence-electron chi connectivity index (χ4n) is 4.01. The molecule has 2 aliphatic rings. The van der Waals surface area contributed by atoms with Crippen molar-refractivity contribution in [2.45, 2.75) is 43.0 Å². The summed E-state index contributed by atoms with van der Waals surface area (Å²) in [7, 11) is 1.62. The van der Waals surface area contributed by atoms with Gasteiger partial charge in [0.25, 0.3) is 5.91 Å². The van der Waals surface area contributed by atoms with Gasteiger partial charge in [0, 0.05) is 10.9 Å². The number of carbonyl (C=O) groups excluding carboxylic acids is 2. The highest BCUT2D eigenvalue weighted by molar-refractivity contribution is 9.10. The summed E-state index contributed by atoms with van der Waals surface area (Å²) in [5.74, 6) is 0.471. The van der Waals surface area contributed by atoms with Crippen LogP contribution < -0.4 is 15.0 Å². The average Bonchev–Trinajstić information content (AvgIpc) is 2.77. The van der Waals surface area contributed by atoms with Crippen molar-refractivity contribution in [3.63, 3.8) is 0 Å². The first kappa shape index (κ1) is 22.0. The normalized spacial score (nSPS) is 18.1. The molecule has 0 unspecified atom stereocenters. The van der Waals surface area contributed by atoms with Crippen molar-refractivity contribution in [3.05, 3.63) is 57.4 Å². The number of para-hydroxylation sites is 1. The lowest BCUT2D eigenvalue weighted by atomic mass is 9.95. The van der Waals surface area contributed by atoms with Gasteiger partial charge in [-0.15, -0.1) is 0 Å². The zero-order valence-electron chi connectivity index (χ0n) is 17.4. The van der Waals surface area contributed by atoms with E-state index in [1.807, 2.05) is 48.5 Å². The molecule has 162 valence electrons. The molecule has 1 fully saturated rings. The van der Waals surface area contributed by atoms with Crippen molar-refractivity contribution in [2.24, 2.45) is 0 Å². The van der Waals surface area contributed by atoms with Gasteiger partial charge in [-0.25, -0.2) is 0 Å². The van der Waals surface area contributed by atoms with E-state index in [9.17, 15) is 9.59 Å². The number of hydrogen-bond acceptors (Lipinski definition) is 4. The molecule has 0 radical (unpaired) electrons. The summed E-state index contributed by atoms with van der Waals surface area (Å²) in [6.45, 7) is 0.0244. The molecule has 1 aliphatic carbocycles. The Morgan fingerprint density at radius 1 is 1.23 bits per heavy atom. The number of thioether (sulfide) groups is 1. The zero-order valence-corrected chi connectivity index (χ0v) is 19.8. The molecule has 1 heterocycles. The number of carbonyl (C=O) groups is 2. The highest BCUT2D eigenvalue weighted by Crippen LogP contribution is 2.42. The van der Waals surface area contributed by atoms with Gasteiger partial charge in [-0.3, -0.25) is 14.5 Å². The number of nitrogens with one attached hydrogen (secondary N) is 1. The molecule has 2 aromatic carbocycles. The minimum Gasteiger partial charge on any atom is -0.496 e. The van der Waals surface area contributed by atoms with Gasteiger partial charge in [0.2, 0.25) is 5.91 Å². The van der Waals surface area contributed by atoms with E-state index in [1.165, 1.54) is 18.2 Å². The van der Waals surface area contributed by atoms with Crippen LogP contribution in [0.25, 0.3) is 6.08 Å². The molecule has 5 nitrogen and oxygen atoms in total. The van der Waals surface area contributed by atoms with Crippen molar-refractivity contribution in [1.82, 2.24) is 5.32 Å². The maximum Gasteiger partial charge on any atom is 0.265 e. The number of nitrogens with zero attached hydrogens (tertiary/aromatic N) is 1. The Hall–Kier alpha value is -2.25. The Balaban J connectivity index is 1.58. The molecule has 0 spiro atoms. The number of hydrogen-bond donors (Lipinski definition) is 1. The van der Waals surface area contributed by atoms with Crippen LogP contribution in [0, 0.1) is 0 Å². The summed E-state index contributed by atoms with van der Waals surface area (Å²) in [5.41, 5.74) is 1.67. The predicted molar refractivity (Wildman–Crippen MR) is 128 cm³/mol. The minimum absolute atomic E-state index is 0.0244. The van der Waals surface area contributed by atoms with Gasteiger partial charge in [-0.1, -0.05) is 49.2 Å². The Bertz CT molecular complexity index is 1020. The summed E-state index contributed by atoms with van der Waals surface area (Å²) >= 11 is 4.93. The molecule has 2 aromatic rings. The van der Waals surface area contributed by atoms with Gasteiger partial charge in [0.15, 0.2) is 0 Å². The summed E-state index contributed by atoms with van der Waals surface area (Å²) in [6.07, 6.45) is 7.43. The van der Waals surface area contributed by atoms with Crippen LogP contribution in [0.3, 0.4) is 0 Å². The zero-order chi connectivity index (χ0) is 21.8. The lowest BCUT2D eigenvalue weighted by Crippen LogP contribution is -2.46. The summed E-state index contributed by atoms with van der Waals surface area (Å²) in [6, 6.07) is 13.6. The van der Waals surface area contributed by atoms with Gasteiger partial charge >= 0.3 is 0 Å². The lowest BCUT2D eigenvalue weighted by Gasteiger charge is -2.31. The van der Waals surface area contributed by atoms with Crippen molar-refractivity contribution < 1.29 is 14.3 Å². The van der Waals surface area contributed by atoms with Gasteiger partial charge in [0.05, 0.1) is 22.2 Å². The van der Waals surface area contributed by atoms with Crippen LogP contribution >= 0.6 is 27.7 Å². The number of ether oxygens (including phenoxy) is 1. The lowest BCUT2D eigenvalue weighted by molar-refractivity contribution is -0.123. The van der Waals surface area contributed by atoms with E-state index >= 15 is 0 Å². The Morgan fingerprint density at radius 2 is 2.00 bits per heavy atom. The first-order valence-corrected chi connectivity index (χ1v) is 12.1. The molecular weight excluding hydrogens is 476 g/mol. The largest absolute Gasteiger partial charge is 0.496 e. The molecule has 7 heteroatoms. The van der Waals surface area contributed by atoms with Crippen LogP contribution in [0.15, 0.2) is 56.7 Å². The second kappa shape index (κ2) is 9.92. The van der Waals surface area contributed by atoms with Crippen LogP contribution in [0.2, 0.25) is 0 Å². The van der Waals surface area contributed by atoms with Crippen LogP contribution in [0.5, 0.6) is 5.75 Å². The molecular formula is C24H25BrN2O3S. The van der Waals surface area contributed by atoms with E-state index in [0.29, 0.717) is 4.91 Å². The molecule has 1 aliphatic heterocycles. The highest BCUT2D eigenvalue weighted by Gasteiger charge is 2.31. The van der Waals surface area contributed by atoms with Crippen LogP contribution in [0.1, 0.15) is 37.7 Å². The van der Waals surface area contributed by atoms with E-state index < -0.39 is 0 Å². The Kier molecular flexibility index (Phi) is 7.02. The number of benzene rings is 2. The fraction of sp³-hybridized carbons (Fsp3) is 0.333. The third kappa shape index (κ3) is 5.15. The predicted octanol–water partition coefficient (Wildman–Crippen LogP) is 5.39. The number of rotatable bonds is 5. The third-order valence-electron chi connectivity index (χ3n) is 5.58.